The van der Waals surface area contributed by atoms with Crippen molar-refractivity contribution in [2.24, 2.45) is 11.5 Å². The summed E-state index contributed by atoms with van der Waals surface area (Å²) in [5.41, 5.74) is 9.23. The van der Waals surface area contributed by atoms with Gasteiger partial charge in [-0.05, 0) is 71.8 Å². The molecule has 8 nitrogen and oxygen atoms in total. The Hall–Kier alpha value is -4.03. The second-order valence-electron chi connectivity index (χ2n) is 10.9. The monoisotopic (exact) mass is 754 g/mol. The normalized spacial score (nSPS) is 13.7. The Morgan fingerprint density at radius 2 is 1.04 bits per heavy atom. The lowest BCUT2D eigenvalue weighted by molar-refractivity contribution is -0.138. The van der Waals surface area contributed by atoms with Crippen LogP contribution >= 0.6 is 23.5 Å². The van der Waals surface area contributed by atoms with E-state index in [4.69, 9.17) is 11.5 Å². The maximum Gasteiger partial charge on any atom is 0.416 e. The van der Waals surface area contributed by atoms with Gasteiger partial charge in [0.2, 0.25) is 9.84 Å². The standard InChI is InChI=1S/C33H28F6N4O4S3/c34-32(35,36)20-3-7-26(48-11-9-40)24(14-20)30(44)42-22-5-1-18-13-19-2-6-23(17-29(19)50(46,47)28(18)16-22)43-31(45)25-15-21(33(37,38)39)4-8-27(25)49-12-10-41/h1-8,14-17H,9-13,40-41H2,(H,42,44)(H,43,45). The van der Waals surface area contributed by atoms with Crippen LogP contribution in [0.25, 0.3) is 0 Å². The Morgan fingerprint density at radius 1 is 0.640 bits per heavy atom. The molecule has 1 aliphatic heterocycles. The van der Waals surface area contributed by atoms with Crippen LogP contribution in [0.1, 0.15) is 43.0 Å². The van der Waals surface area contributed by atoms with Crippen molar-refractivity contribution >= 4 is 56.6 Å². The molecule has 264 valence electrons. The van der Waals surface area contributed by atoms with E-state index in [0.717, 1.165) is 35.7 Å². The predicted molar refractivity (Wildman–Crippen MR) is 179 cm³/mol. The van der Waals surface area contributed by atoms with Crippen LogP contribution < -0.4 is 22.1 Å². The van der Waals surface area contributed by atoms with E-state index in [1.807, 2.05) is 0 Å². The fraction of sp³-hybridized carbons (Fsp3) is 0.212. The number of alkyl halides is 6. The van der Waals surface area contributed by atoms with Gasteiger partial charge in [0.1, 0.15) is 0 Å². The molecule has 50 heavy (non-hydrogen) atoms. The molecule has 0 saturated carbocycles. The van der Waals surface area contributed by atoms with E-state index in [-0.39, 0.29) is 61.6 Å². The topological polar surface area (TPSA) is 144 Å². The molecule has 0 spiro atoms. The molecule has 2 amide bonds. The minimum absolute atomic E-state index is 0.00414. The van der Waals surface area contributed by atoms with Gasteiger partial charge in [-0.25, -0.2) is 8.42 Å². The van der Waals surface area contributed by atoms with Gasteiger partial charge in [0.05, 0.1) is 32.0 Å². The molecule has 0 saturated heterocycles. The summed E-state index contributed by atoms with van der Waals surface area (Å²) in [5, 5.41) is 4.99. The number of hydrogen-bond donors (Lipinski definition) is 4. The largest absolute Gasteiger partial charge is 0.416 e. The van der Waals surface area contributed by atoms with E-state index in [9.17, 15) is 44.3 Å². The molecular formula is C33H28F6N4O4S3. The third-order valence-electron chi connectivity index (χ3n) is 7.46. The molecule has 1 heterocycles. The second-order valence-corrected chi connectivity index (χ2v) is 15.1. The summed E-state index contributed by atoms with van der Waals surface area (Å²) < 4.78 is 108. The number of benzene rings is 4. The van der Waals surface area contributed by atoms with Gasteiger partial charge in [0.15, 0.2) is 0 Å². The van der Waals surface area contributed by atoms with Crippen molar-refractivity contribution in [3.63, 3.8) is 0 Å². The van der Waals surface area contributed by atoms with Crippen molar-refractivity contribution in [2.75, 3.05) is 35.2 Å². The van der Waals surface area contributed by atoms with Crippen molar-refractivity contribution in [3.05, 3.63) is 106 Å². The van der Waals surface area contributed by atoms with Crippen molar-refractivity contribution in [1.29, 1.82) is 0 Å². The first-order valence-corrected chi connectivity index (χ1v) is 18.2. The van der Waals surface area contributed by atoms with Crippen molar-refractivity contribution in [1.82, 2.24) is 0 Å². The van der Waals surface area contributed by atoms with Crippen LogP contribution in [-0.4, -0.2) is 44.8 Å². The summed E-state index contributed by atoms with van der Waals surface area (Å²) in [5.74, 6) is -1.13. The average molecular weight is 755 g/mol. The second kappa shape index (κ2) is 14.7. The molecule has 0 bridgehead atoms. The highest BCUT2D eigenvalue weighted by Gasteiger charge is 2.34. The fourth-order valence-electron chi connectivity index (χ4n) is 5.13. The van der Waals surface area contributed by atoms with E-state index in [2.05, 4.69) is 10.6 Å². The Morgan fingerprint density at radius 3 is 1.40 bits per heavy atom. The number of nitrogens with two attached hydrogens (primary N) is 2. The molecule has 0 aliphatic carbocycles. The third kappa shape index (κ3) is 8.12. The van der Waals surface area contributed by atoms with Crippen LogP contribution in [0.4, 0.5) is 37.7 Å². The highest BCUT2D eigenvalue weighted by atomic mass is 32.2. The lowest BCUT2D eigenvalue weighted by atomic mass is 10.0. The number of carbonyl (C=O) groups excluding carboxylic acids is 2. The predicted octanol–water partition coefficient (Wildman–Crippen LogP) is 7.07. The van der Waals surface area contributed by atoms with Gasteiger partial charge in [0, 0.05) is 52.2 Å². The van der Waals surface area contributed by atoms with Gasteiger partial charge >= 0.3 is 12.4 Å². The zero-order chi connectivity index (χ0) is 36.4. The van der Waals surface area contributed by atoms with Gasteiger partial charge in [-0.15, -0.1) is 23.5 Å². The van der Waals surface area contributed by atoms with Gasteiger partial charge in [-0.1, -0.05) is 12.1 Å². The van der Waals surface area contributed by atoms with Crippen LogP contribution in [0.2, 0.25) is 0 Å². The summed E-state index contributed by atoms with van der Waals surface area (Å²) >= 11 is 2.19. The quantitative estimate of drug-likeness (QED) is 0.0876. The third-order valence-corrected chi connectivity index (χ3v) is 11.6. The van der Waals surface area contributed by atoms with Crippen LogP contribution in [-0.2, 0) is 28.6 Å². The summed E-state index contributed by atoms with van der Waals surface area (Å²) in [6.45, 7) is 0.422. The van der Waals surface area contributed by atoms with Crippen molar-refractivity contribution in [2.45, 2.75) is 38.4 Å². The van der Waals surface area contributed by atoms with Crippen LogP contribution in [0, 0.1) is 0 Å². The van der Waals surface area contributed by atoms with E-state index in [1.54, 1.807) is 0 Å². The molecule has 0 fully saturated rings. The maximum atomic E-state index is 13.9. The molecule has 5 rings (SSSR count). The maximum absolute atomic E-state index is 13.9. The molecule has 6 N–H and O–H groups in total. The highest BCUT2D eigenvalue weighted by molar-refractivity contribution is 7.99. The number of amides is 2. The molecule has 1 aliphatic rings. The molecule has 4 aromatic carbocycles. The van der Waals surface area contributed by atoms with Crippen LogP contribution in [0.5, 0.6) is 0 Å². The molecule has 17 heteroatoms. The zero-order valence-electron chi connectivity index (χ0n) is 25.7. The molecule has 0 atom stereocenters. The van der Waals surface area contributed by atoms with Gasteiger partial charge < -0.3 is 22.1 Å². The Balaban J connectivity index is 1.43. The number of rotatable bonds is 10. The molecule has 4 aromatic rings. The average Bonchev–Trinajstić information content (AvgIpc) is 3.06. The number of hydrogen-bond acceptors (Lipinski definition) is 8. The Labute approximate surface area is 291 Å². The van der Waals surface area contributed by atoms with E-state index in [1.165, 1.54) is 48.5 Å². The first kappa shape index (κ1) is 37.2. The van der Waals surface area contributed by atoms with E-state index in [0.29, 0.717) is 34.8 Å². The number of sulfone groups is 1. The molecule has 0 aromatic heterocycles. The first-order valence-electron chi connectivity index (χ1n) is 14.7. The van der Waals surface area contributed by atoms with Gasteiger partial charge in [0.25, 0.3) is 11.8 Å². The SMILES string of the molecule is NCCSc1ccc(C(F)(F)F)cc1C(=O)Nc1ccc2c(c1)S(=O)(=O)c1cc(NC(=O)c3cc(C(F)(F)F)ccc3SCCN)ccc1C2. The lowest BCUT2D eigenvalue weighted by Crippen LogP contribution is -2.19. The van der Waals surface area contributed by atoms with Crippen molar-refractivity contribution in [3.8, 4) is 0 Å². The Kier molecular flexibility index (Phi) is 10.9. The number of nitrogens with one attached hydrogen (secondary N) is 2. The summed E-state index contributed by atoms with van der Waals surface area (Å²) in [4.78, 5) is 26.6. The van der Waals surface area contributed by atoms with Crippen LogP contribution in [0.3, 0.4) is 0 Å². The van der Waals surface area contributed by atoms with Gasteiger partial charge in [-0.2, -0.15) is 26.3 Å². The molecule has 0 radical (unpaired) electrons. The minimum Gasteiger partial charge on any atom is -0.330 e. The van der Waals surface area contributed by atoms with Gasteiger partial charge in [-0.3, -0.25) is 9.59 Å². The number of thioether (sulfide) groups is 2. The molecule has 0 unspecified atom stereocenters. The number of anilines is 2. The summed E-state index contributed by atoms with van der Waals surface area (Å²) in [7, 11) is -4.28. The fourth-order valence-corrected chi connectivity index (χ4v) is 8.52. The number of fused-ring (bicyclic) bond motifs is 2. The first-order chi connectivity index (χ1) is 23.5. The lowest BCUT2D eigenvalue weighted by Gasteiger charge is -2.22. The Bertz CT molecular complexity index is 1930. The van der Waals surface area contributed by atoms with Crippen molar-refractivity contribution < 1.29 is 44.3 Å². The number of carbonyl (C=O) groups is 2. The smallest absolute Gasteiger partial charge is 0.330 e. The molecular weight excluding hydrogens is 727 g/mol. The number of halogens is 6. The minimum atomic E-state index is -4.71. The van der Waals surface area contributed by atoms with E-state index < -0.39 is 45.1 Å². The van der Waals surface area contributed by atoms with Crippen LogP contribution in [0.15, 0.2) is 92.4 Å². The summed E-state index contributed by atoms with van der Waals surface area (Å²) in [6.07, 6.45) is -9.28. The zero-order valence-corrected chi connectivity index (χ0v) is 28.2. The highest BCUT2D eigenvalue weighted by Crippen LogP contribution is 2.39. The summed E-state index contributed by atoms with van der Waals surface area (Å²) in [6, 6.07) is 13.7. The van der Waals surface area contributed by atoms with E-state index >= 15 is 0 Å².